The smallest absolute Gasteiger partial charge is 0.407 e. The van der Waals surface area contributed by atoms with E-state index < -0.39 is 6.09 Å². The molecule has 1 saturated heterocycles. The zero-order valence-corrected chi connectivity index (χ0v) is 17.0. The molecule has 8 nitrogen and oxygen atoms in total. The number of ether oxygens (including phenoxy) is 1. The number of alkyl carbamates (subject to hydrolysis) is 1. The summed E-state index contributed by atoms with van der Waals surface area (Å²) in [6.45, 7) is 6.85. The molecular weight excluding hydrogens is 382 g/mol. The van der Waals surface area contributed by atoms with E-state index in [1.165, 1.54) is 0 Å². The highest BCUT2D eigenvalue weighted by atomic mass is 35.5. The number of amides is 2. The number of hydrogen-bond acceptors (Lipinski definition) is 5. The van der Waals surface area contributed by atoms with Gasteiger partial charge in [0.15, 0.2) is 5.82 Å². The summed E-state index contributed by atoms with van der Waals surface area (Å²) in [7, 11) is 0. The van der Waals surface area contributed by atoms with Crippen LogP contribution in [0.4, 0.5) is 4.79 Å². The van der Waals surface area contributed by atoms with Crippen molar-refractivity contribution in [2.75, 3.05) is 19.7 Å². The molecule has 1 aliphatic rings. The number of halogens is 1. The molecule has 1 atom stereocenters. The van der Waals surface area contributed by atoms with Gasteiger partial charge in [-0.25, -0.2) is 14.5 Å². The van der Waals surface area contributed by atoms with Crippen LogP contribution in [0.1, 0.15) is 41.6 Å². The number of nitrogens with zero attached hydrogens (tertiary/aromatic N) is 4. The highest BCUT2D eigenvalue weighted by Crippen LogP contribution is 2.21. The minimum absolute atomic E-state index is 0.158. The first-order chi connectivity index (χ1) is 13.4. The first kappa shape index (κ1) is 20.1. The molecule has 0 bridgehead atoms. The highest BCUT2D eigenvalue weighted by Gasteiger charge is 2.28. The third-order valence-electron chi connectivity index (χ3n) is 4.57. The molecule has 28 heavy (non-hydrogen) atoms. The molecular formula is C19H24ClN5O3. The van der Waals surface area contributed by atoms with Crippen LogP contribution in [0, 0.1) is 13.8 Å². The minimum Gasteiger partial charge on any atom is -0.450 e. The number of aromatic nitrogens is 3. The Morgan fingerprint density at radius 1 is 1.36 bits per heavy atom. The molecule has 0 aromatic carbocycles. The number of aryl methyl sites for hydroxylation is 2. The van der Waals surface area contributed by atoms with Crippen LogP contribution in [0.3, 0.4) is 0 Å². The molecule has 2 aromatic heterocycles. The number of carbonyl (C=O) groups is 2. The molecule has 0 aliphatic carbocycles. The Kier molecular flexibility index (Phi) is 6.18. The number of likely N-dealkylation sites (tertiary alicyclic amines) is 1. The van der Waals surface area contributed by atoms with E-state index in [9.17, 15) is 9.59 Å². The fourth-order valence-corrected chi connectivity index (χ4v) is 3.52. The summed E-state index contributed by atoms with van der Waals surface area (Å²) in [5.41, 5.74) is 1.97. The summed E-state index contributed by atoms with van der Waals surface area (Å²) in [6.07, 6.45) is 1.09. The van der Waals surface area contributed by atoms with Crippen LogP contribution in [0.25, 0.3) is 5.82 Å². The van der Waals surface area contributed by atoms with Crippen molar-refractivity contribution in [3.63, 3.8) is 0 Å². The maximum absolute atomic E-state index is 13.1. The third kappa shape index (κ3) is 4.44. The van der Waals surface area contributed by atoms with Crippen molar-refractivity contribution in [1.29, 1.82) is 0 Å². The van der Waals surface area contributed by atoms with Crippen LogP contribution in [-0.4, -0.2) is 57.4 Å². The summed E-state index contributed by atoms with van der Waals surface area (Å²) >= 11 is 6.28. The van der Waals surface area contributed by atoms with Gasteiger partial charge in [0.25, 0.3) is 5.91 Å². The van der Waals surface area contributed by atoms with Crippen LogP contribution in [0.5, 0.6) is 0 Å². The maximum atomic E-state index is 13.1. The fraction of sp³-hybridized carbons (Fsp3) is 0.474. The summed E-state index contributed by atoms with van der Waals surface area (Å²) < 4.78 is 6.61. The molecule has 3 heterocycles. The molecule has 0 spiro atoms. The average molecular weight is 406 g/mol. The van der Waals surface area contributed by atoms with E-state index in [-0.39, 0.29) is 22.7 Å². The van der Waals surface area contributed by atoms with Crippen LogP contribution < -0.4 is 5.32 Å². The van der Waals surface area contributed by atoms with E-state index in [4.69, 9.17) is 16.3 Å². The number of carbonyl (C=O) groups excluding carboxylic acids is 2. The molecule has 1 fully saturated rings. The molecule has 2 aromatic rings. The number of rotatable bonds is 4. The zero-order valence-electron chi connectivity index (χ0n) is 16.2. The number of pyridine rings is 1. The van der Waals surface area contributed by atoms with Crippen LogP contribution in [-0.2, 0) is 4.74 Å². The van der Waals surface area contributed by atoms with Gasteiger partial charge in [0.05, 0.1) is 17.3 Å². The topological polar surface area (TPSA) is 89.4 Å². The van der Waals surface area contributed by atoms with E-state index in [0.717, 1.165) is 24.2 Å². The lowest BCUT2D eigenvalue weighted by Gasteiger charge is -2.32. The van der Waals surface area contributed by atoms with Crippen LogP contribution in [0.15, 0.2) is 18.2 Å². The van der Waals surface area contributed by atoms with Gasteiger partial charge in [0.2, 0.25) is 0 Å². The van der Waals surface area contributed by atoms with E-state index in [1.54, 1.807) is 28.6 Å². The van der Waals surface area contributed by atoms with Gasteiger partial charge in [0.1, 0.15) is 5.69 Å². The predicted octanol–water partition coefficient (Wildman–Crippen LogP) is 2.89. The maximum Gasteiger partial charge on any atom is 0.407 e. The van der Waals surface area contributed by atoms with Gasteiger partial charge in [-0.05, 0) is 51.8 Å². The van der Waals surface area contributed by atoms with Crippen molar-refractivity contribution >= 4 is 23.6 Å². The van der Waals surface area contributed by atoms with Gasteiger partial charge in [0, 0.05) is 24.8 Å². The van der Waals surface area contributed by atoms with Gasteiger partial charge in [-0.3, -0.25) is 4.79 Å². The number of piperidine rings is 1. The Labute approximate surface area is 168 Å². The Morgan fingerprint density at radius 2 is 2.14 bits per heavy atom. The lowest BCUT2D eigenvalue weighted by Crippen LogP contribution is -2.50. The van der Waals surface area contributed by atoms with Crippen LogP contribution in [0.2, 0.25) is 5.02 Å². The van der Waals surface area contributed by atoms with Crippen molar-refractivity contribution in [1.82, 2.24) is 25.0 Å². The Balaban J connectivity index is 1.79. The van der Waals surface area contributed by atoms with E-state index in [0.29, 0.717) is 25.5 Å². The quantitative estimate of drug-likeness (QED) is 0.844. The Hall–Kier alpha value is -2.61. The summed E-state index contributed by atoms with van der Waals surface area (Å²) in [4.78, 5) is 30.9. The van der Waals surface area contributed by atoms with Gasteiger partial charge >= 0.3 is 6.09 Å². The summed E-state index contributed by atoms with van der Waals surface area (Å²) in [5.74, 6) is 0.278. The second kappa shape index (κ2) is 8.60. The summed E-state index contributed by atoms with van der Waals surface area (Å²) in [6, 6.07) is 5.18. The molecule has 1 unspecified atom stereocenters. The monoisotopic (exact) mass is 405 g/mol. The van der Waals surface area contributed by atoms with Gasteiger partial charge in [-0.15, -0.1) is 0 Å². The average Bonchev–Trinajstić information content (AvgIpc) is 3.00. The highest BCUT2D eigenvalue weighted by molar-refractivity contribution is 6.33. The zero-order chi connectivity index (χ0) is 20.3. The van der Waals surface area contributed by atoms with Crippen molar-refractivity contribution < 1.29 is 14.3 Å². The largest absolute Gasteiger partial charge is 0.450 e. The normalized spacial score (nSPS) is 16.7. The van der Waals surface area contributed by atoms with Crippen molar-refractivity contribution in [2.45, 2.75) is 39.7 Å². The van der Waals surface area contributed by atoms with E-state index in [2.05, 4.69) is 15.4 Å². The Bertz CT molecular complexity index is 882. The van der Waals surface area contributed by atoms with E-state index >= 15 is 0 Å². The number of nitrogens with one attached hydrogen (secondary N) is 1. The Morgan fingerprint density at radius 3 is 2.82 bits per heavy atom. The lowest BCUT2D eigenvalue weighted by atomic mass is 10.1. The molecule has 9 heteroatoms. The standard InChI is InChI=1S/C19H24ClN5O3/c1-4-28-19(27)21-14-6-5-9-24(11-14)18(26)17-15(20)7-8-16(22-17)25-13(3)10-12(2)23-25/h7-8,10,14H,4-6,9,11H2,1-3H3,(H,21,27). The van der Waals surface area contributed by atoms with Gasteiger partial charge in [-0.2, -0.15) is 5.10 Å². The molecule has 1 aliphatic heterocycles. The van der Waals surface area contributed by atoms with Crippen molar-refractivity contribution in [3.8, 4) is 5.82 Å². The van der Waals surface area contributed by atoms with Crippen molar-refractivity contribution in [3.05, 3.63) is 40.3 Å². The van der Waals surface area contributed by atoms with Gasteiger partial charge < -0.3 is 15.0 Å². The first-order valence-corrected chi connectivity index (χ1v) is 9.69. The molecule has 3 rings (SSSR count). The second-order valence-electron chi connectivity index (χ2n) is 6.79. The fourth-order valence-electron chi connectivity index (χ4n) is 3.33. The first-order valence-electron chi connectivity index (χ1n) is 9.31. The van der Waals surface area contributed by atoms with Gasteiger partial charge in [-0.1, -0.05) is 11.6 Å². The summed E-state index contributed by atoms with van der Waals surface area (Å²) in [5, 5.41) is 7.49. The van der Waals surface area contributed by atoms with Crippen LogP contribution >= 0.6 is 11.6 Å². The third-order valence-corrected chi connectivity index (χ3v) is 4.87. The number of hydrogen-bond donors (Lipinski definition) is 1. The van der Waals surface area contributed by atoms with E-state index in [1.807, 2.05) is 19.9 Å². The van der Waals surface area contributed by atoms with Crippen molar-refractivity contribution in [2.24, 2.45) is 0 Å². The minimum atomic E-state index is -0.468. The lowest BCUT2D eigenvalue weighted by molar-refractivity contribution is 0.0680. The molecule has 150 valence electrons. The molecule has 2 amide bonds. The molecule has 0 radical (unpaired) electrons. The molecule has 0 saturated carbocycles. The predicted molar refractivity (Wildman–Crippen MR) is 105 cm³/mol. The second-order valence-corrected chi connectivity index (χ2v) is 7.20. The SMILES string of the molecule is CCOC(=O)NC1CCCN(C(=O)c2nc(-n3nc(C)cc3C)ccc2Cl)C1. The molecule has 1 N–H and O–H groups in total.